The number of hydrogen-bond donors (Lipinski definition) is 2. The van der Waals surface area contributed by atoms with Crippen LogP contribution in [0, 0.1) is 0 Å². The molecule has 3 rings (SSSR count). The van der Waals surface area contributed by atoms with Crippen LogP contribution in [0.4, 0.5) is 0 Å². The summed E-state index contributed by atoms with van der Waals surface area (Å²) in [5.41, 5.74) is 2.27. The van der Waals surface area contributed by atoms with Crippen molar-refractivity contribution >= 4 is 23.2 Å². The van der Waals surface area contributed by atoms with Crippen molar-refractivity contribution in [2.24, 2.45) is 0 Å². The quantitative estimate of drug-likeness (QED) is 0.741. The number of hydrogen-bond acceptors (Lipinski definition) is 3. The van der Waals surface area contributed by atoms with Gasteiger partial charge in [-0.15, -0.1) is 0 Å². The lowest BCUT2D eigenvalue weighted by molar-refractivity contribution is 0.475. The average molecular weight is 321 g/mol. The van der Waals surface area contributed by atoms with Crippen LogP contribution in [0.3, 0.4) is 0 Å². The van der Waals surface area contributed by atoms with E-state index < -0.39 is 0 Å². The smallest absolute Gasteiger partial charge is 0.152 e. The standard InChI is InChI=1S/C15H10Cl2N2O2/c16-12-7-10(8-13(17)15(12)21)19-6-5-14(18-19)9-1-3-11(20)4-2-9/h1-8,20-21H. The first kappa shape index (κ1) is 13.8. The molecule has 0 amide bonds. The van der Waals surface area contributed by atoms with Crippen molar-refractivity contribution in [3.8, 4) is 28.4 Å². The second kappa shape index (κ2) is 5.31. The highest BCUT2D eigenvalue weighted by atomic mass is 35.5. The third-order valence-corrected chi connectivity index (χ3v) is 3.59. The first-order chi connectivity index (χ1) is 10.0. The van der Waals surface area contributed by atoms with Gasteiger partial charge in [0.05, 0.1) is 21.4 Å². The van der Waals surface area contributed by atoms with Crippen LogP contribution in [-0.4, -0.2) is 20.0 Å². The summed E-state index contributed by atoms with van der Waals surface area (Å²) in [4.78, 5) is 0. The van der Waals surface area contributed by atoms with E-state index in [0.717, 1.165) is 11.3 Å². The van der Waals surface area contributed by atoms with E-state index in [2.05, 4.69) is 5.10 Å². The molecule has 0 atom stereocenters. The third kappa shape index (κ3) is 2.68. The second-order valence-electron chi connectivity index (χ2n) is 4.45. The zero-order chi connectivity index (χ0) is 15.0. The fraction of sp³-hybridized carbons (Fsp3) is 0. The van der Waals surface area contributed by atoms with E-state index in [9.17, 15) is 10.2 Å². The maximum atomic E-state index is 9.57. The number of aromatic nitrogens is 2. The van der Waals surface area contributed by atoms with E-state index in [0.29, 0.717) is 5.69 Å². The van der Waals surface area contributed by atoms with Crippen molar-refractivity contribution < 1.29 is 10.2 Å². The van der Waals surface area contributed by atoms with Crippen molar-refractivity contribution in [2.45, 2.75) is 0 Å². The van der Waals surface area contributed by atoms with Gasteiger partial charge in [0.15, 0.2) is 5.75 Å². The van der Waals surface area contributed by atoms with Crippen LogP contribution < -0.4 is 0 Å². The van der Waals surface area contributed by atoms with E-state index in [1.165, 1.54) is 0 Å². The van der Waals surface area contributed by atoms with E-state index in [-0.39, 0.29) is 21.5 Å². The van der Waals surface area contributed by atoms with Crippen molar-refractivity contribution in [2.75, 3.05) is 0 Å². The molecule has 0 radical (unpaired) electrons. The largest absolute Gasteiger partial charge is 0.508 e. The lowest BCUT2D eigenvalue weighted by Crippen LogP contribution is -1.95. The maximum Gasteiger partial charge on any atom is 0.152 e. The average Bonchev–Trinajstić information content (AvgIpc) is 2.95. The Hall–Kier alpha value is -2.17. The second-order valence-corrected chi connectivity index (χ2v) is 5.26. The minimum atomic E-state index is -0.145. The van der Waals surface area contributed by atoms with Gasteiger partial charge in [-0.25, -0.2) is 4.68 Å². The lowest BCUT2D eigenvalue weighted by Gasteiger charge is -2.05. The minimum absolute atomic E-state index is 0.145. The fourth-order valence-corrected chi connectivity index (χ4v) is 2.41. The third-order valence-electron chi connectivity index (χ3n) is 3.02. The fourth-order valence-electron chi connectivity index (χ4n) is 1.94. The molecule has 0 aliphatic rings. The van der Waals surface area contributed by atoms with Gasteiger partial charge in [0, 0.05) is 11.8 Å². The number of nitrogens with zero attached hydrogens (tertiary/aromatic N) is 2. The molecule has 0 fully saturated rings. The number of phenolic OH excluding ortho intramolecular Hbond substituents is 2. The van der Waals surface area contributed by atoms with E-state index in [1.807, 2.05) is 6.07 Å². The van der Waals surface area contributed by atoms with Gasteiger partial charge in [-0.1, -0.05) is 23.2 Å². The topological polar surface area (TPSA) is 58.3 Å². The Balaban J connectivity index is 2.00. The minimum Gasteiger partial charge on any atom is -0.508 e. The Bertz CT molecular complexity index is 775. The molecule has 106 valence electrons. The normalized spacial score (nSPS) is 10.8. The highest BCUT2D eigenvalue weighted by Gasteiger charge is 2.09. The molecule has 4 nitrogen and oxygen atoms in total. The molecule has 0 spiro atoms. The molecule has 1 aromatic heterocycles. The molecule has 2 N–H and O–H groups in total. The highest BCUT2D eigenvalue weighted by Crippen LogP contribution is 2.34. The van der Waals surface area contributed by atoms with Gasteiger partial charge in [0.1, 0.15) is 5.75 Å². The summed E-state index contributed by atoms with van der Waals surface area (Å²) in [5.74, 6) is 0.0586. The summed E-state index contributed by atoms with van der Waals surface area (Å²) >= 11 is 11.8. The summed E-state index contributed by atoms with van der Waals surface area (Å²) in [6.45, 7) is 0. The molecule has 1 heterocycles. The summed E-state index contributed by atoms with van der Waals surface area (Å²) in [7, 11) is 0. The zero-order valence-electron chi connectivity index (χ0n) is 10.7. The van der Waals surface area contributed by atoms with Gasteiger partial charge in [-0.2, -0.15) is 5.10 Å². The molecule has 0 unspecified atom stereocenters. The van der Waals surface area contributed by atoms with Crippen LogP contribution in [0.15, 0.2) is 48.7 Å². The van der Waals surface area contributed by atoms with Gasteiger partial charge in [0.25, 0.3) is 0 Å². The monoisotopic (exact) mass is 320 g/mol. The highest BCUT2D eigenvalue weighted by molar-refractivity contribution is 6.37. The van der Waals surface area contributed by atoms with Gasteiger partial charge < -0.3 is 10.2 Å². The van der Waals surface area contributed by atoms with Gasteiger partial charge in [0.2, 0.25) is 0 Å². The van der Waals surface area contributed by atoms with Crippen molar-refractivity contribution in [1.82, 2.24) is 9.78 Å². The summed E-state index contributed by atoms with van der Waals surface area (Å²) in [6, 6.07) is 11.7. The number of rotatable bonds is 2. The molecule has 0 aliphatic heterocycles. The number of benzene rings is 2. The molecule has 0 saturated heterocycles. The SMILES string of the molecule is Oc1ccc(-c2ccn(-c3cc(Cl)c(O)c(Cl)c3)n2)cc1. The first-order valence-electron chi connectivity index (χ1n) is 6.08. The molecule has 2 aromatic carbocycles. The molecule has 6 heteroatoms. The van der Waals surface area contributed by atoms with E-state index in [4.69, 9.17) is 23.2 Å². The van der Waals surface area contributed by atoms with Crippen molar-refractivity contribution in [3.05, 3.63) is 58.7 Å². The Morgan fingerprint density at radius 3 is 2.14 bits per heavy atom. The molecule has 0 aliphatic carbocycles. The Kier molecular flexibility index (Phi) is 3.49. The van der Waals surface area contributed by atoms with Crippen molar-refractivity contribution in [3.63, 3.8) is 0 Å². The summed E-state index contributed by atoms with van der Waals surface area (Å²) < 4.78 is 1.61. The number of halogens is 2. The Morgan fingerprint density at radius 2 is 1.52 bits per heavy atom. The van der Waals surface area contributed by atoms with Crippen LogP contribution in [-0.2, 0) is 0 Å². The van der Waals surface area contributed by atoms with Crippen LogP contribution in [0.1, 0.15) is 0 Å². The van der Waals surface area contributed by atoms with Crippen LogP contribution in [0.25, 0.3) is 16.9 Å². The van der Waals surface area contributed by atoms with E-state index in [1.54, 1.807) is 47.3 Å². The molecular formula is C15H10Cl2N2O2. The number of phenols is 2. The molecule has 0 bridgehead atoms. The first-order valence-corrected chi connectivity index (χ1v) is 6.83. The Morgan fingerprint density at radius 1 is 0.905 bits per heavy atom. The molecule has 0 saturated carbocycles. The predicted octanol–water partition coefficient (Wildman–Crippen LogP) is 4.26. The maximum absolute atomic E-state index is 9.57. The summed E-state index contributed by atoms with van der Waals surface area (Å²) in [5, 5.41) is 23.6. The van der Waals surface area contributed by atoms with Crippen molar-refractivity contribution in [1.29, 1.82) is 0 Å². The van der Waals surface area contributed by atoms with Gasteiger partial charge >= 0.3 is 0 Å². The lowest BCUT2D eigenvalue weighted by atomic mass is 10.1. The molecule has 3 aromatic rings. The zero-order valence-corrected chi connectivity index (χ0v) is 12.2. The van der Waals surface area contributed by atoms with Crippen LogP contribution in [0.5, 0.6) is 11.5 Å². The number of aromatic hydroxyl groups is 2. The van der Waals surface area contributed by atoms with Crippen LogP contribution >= 0.6 is 23.2 Å². The van der Waals surface area contributed by atoms with E-state index >= 15 is 0 Å². The van der Waals surface area contributed by atoms with Crippen LogP contribution in [0.2, 0.25) is 10.0 Å². The van der Waals surface area contributed by atoms with Gasteiger partial charge in [-0.3, -0.25) is 0 Å². The van der Waals surface area contributed by atoms with Gasteiger partial charge in [-0.05, 0) is 42.5 Å². The Labute approximate surface area is 130 Å². The predicted molar refractivity (Wildman–Crippen MR) is 82.3 cm³/mol. The molecule has 21 heavy (non-hydrogen) atoms. The summed E-state index contributed by atoms with van der Waals surface area (Å²) in [6.07, 6.45) is 1.77. The molecular weight excluding hydrogens is 311 g/mol.